The van der Waals surface area contributed by atoms with E-state index in [9.17, 15) is 0 Å². The molecule has 12 aromatic carbocycles. The number of benzene rings is 12. The molecule has 0 atom stereocenters. The maximum absolute atomic E-state index is 2.43. The van der Waals surface area contributed by atoms with Crippen LogP contribution >= 0.6 is 0 Å². The first kappa shape index (κ1) is 68.0. The molecule has 0 saturated carbocycles. The van der Waals surface area contributed by atoms with Crippen LogP contribution in [0.5, 0.6) is 0 Å². The van der Waals surface area contributed by atoms with Gasteiger partial charge in [0, 0.05) is 46.7 Å². The zero-order chi connectivity index (χ0) is 70.0. The number of aromatic nitrogens is 2. The maximum Gasteiger partial charge on any atom is 0.0521 e. The molecule has 97 heavy (non-hydrogen) atoms. The molecule has 2 heteroatoms. The number of rotatable bonds is 0. The van der Waals surface area contributed by atoms with Crippen molar-refractivity contribution < 1.29 is 0 Å². The van der Waals surface area contributed by atoms with Crippen molar-refractivity contribution in [2.75, 3.05) is 0 Å². The Labute approximate surface area is 580 Å². The molecule has 0 fully saturated rings. The molecular weight excluding hydrogens is 1170 g/mol. The fourth-order valence-corrected chi connectivity index (χ4v) is 17.0. The summed E-state index contributed by atoms with van der Waals surface area (Å²) in [7, 11) is 4.32. The average Bonchev–Trinajstić information content (AvgIpc) is 1.66. The molecule has 0 unspecified atom stereocenters. The highest BCUT2D eigenvalue weighted by atomic mass is 14.9. The Morgan fingerprint density at radius 1 is 0.237 bits per heavy atom. The summed E-state index contributed by atoms with van der Waals surface area (Å²) in [6, 6.07) is 64.5. The fourth-order valence-electron chi connectivity index (χ4n) is 17.0. The molecule has 0 radical (unpaired) electrons. The van der Waals surface area contributed by atoms with Gasteiger partial charge in [-0.1, -0.05) is 207 Å². The molecule has 2 nitrogen and oxygen atoms in total. The van der Waals surface area contributed by atoms with Gasteiger partial charge >= 0.3 is 0 Å². The lowest BCUT2D eigenvalue weighted by Gasteiger charge is -2.49. The number of para-hydroxylation sites is 2. The summed E-state index contributed by atoms with van der Waals surface area (Å²) in [5.41, 5.74) is 38.8. The maximum atomic E-state index is 2.43. The Bertz CT molecular complexity index is 5390. The molecule has 0 spiro atoms. The number of hydrogen-bond donors (Lipinski definition) is 0. The summed E-state index contributed by atoms with van der Waals surface area (Å²) >= 11 is 0. The van der Waals surface area contributed by atoms with Crippen molar-refractivity contribution in [3.63, 3.8) is 0 Å². The summed E-state index contributed by atoms with van der Waals surface area (Å²) < 4.78 is 4.62. The van der Waals surface area contributed by atoms with E-state index in [-0.39, 0.29) is 21.7 Å². The van der Waals surface area contributed by atoms with Crippen LogP contribution in [-0.2, 0) is 35.8 Å². The SMILES string of the molecule is Cc1cc2c(c(C)c1C)-c1ccccc1C(C)(C)C2(C)C.Cc1cc2c(c(C)c1C)C(C)(C)C(C)(C)c1ccccc1-2.Cc1cc2c3ccccc3c3ccccc3c2c(C)c1C.Cc1cc2c3ccccc3n(C)c2c(C)c1C.Cc1cc2c3ccccc3n(C)c2c(C)c1C. The van der Waals surface area contributed by atoms with Crippen LogP contribution in [0.2, 0.25) is 0 Å². The second-order valence-electron chi connectivity index (χ2n) is 31.1. The van der Waals surface area contributed by atoms with E-state index in [0.717, 1.165) is 0 Å². The molecule has 14 aromatic rings. The van der Waals surface area contributed by atoms with E-state index in [1.807, 2.05) is 0 Å². The molecule has 0 bridgehead atoms. The zero-order valence-electron chi connectivity index (χ0n) is 63.1. The van der Waals surface area contributed by atoms with Gasteiger partial charge in [-0.2, -0.15) is 0 Å². The van der Waals surface area contributed by atoms with Crippen LogP contribution in [-0.4, -0.2) is 9.13 Å². The molecule has 16 rings (SSSR count). The molecule has 2 aliphatic carbocycles. The molecule has 0 aliphatic heterocycles. The second kappa shape index (κ2) is 24.8. The first-order valence-electron chi connectivity index (χ1n) is 35.4. The first-order valence-corrected chi connectivity index (χ1v) is 35.4. The Hall–Kier alpha value is -8.98. The van der Waals surface area contributed by atoms with Gasteiger partial charge in [-0.05, 0) is 310 Å². The van der Waals surface area contributed by atoms with E-state index in [0.29, 0.717) is 0 Å². The molecule has 2 aliphatic rings. The van der Waals surface area contributed by atoms with Crippen molar-refractivity contribution in [2.45, 2.75) is 181 Å². The molecule has 0 N–H and O–H groups in total. The summed E-state index contributed by atoms with van der Waals surface area (Å²) in [6.07, 6.45) is 0. The minimum absolute atomic E-state index is 0.124. The highest BCUT2D eigenvalue weighted by molar-refractivity contribution is 6.26. The summed E-state index contributed by atoms with van der Waals surface area (Å²) in [6.45, 7) is 52.7. The van der Waals surface area contributed by atoms with Gasteiger partial charge in [-0.15, -0.1) is 0 Å². The summed E-state index contributed by atoms with van der Waals surface area (Å²) in [5, 5.41) is 13.7. The minimum atomic E-state index is 0.124. The van der Waals surface area contributed by atoms with Crippen LogP contribution in [0, 0.1) is 104 Å². The van der Waals surface area contributed by atoms with Crippen molar-refractivity contribution >= 4 is 75.9 Å². The van der Waals surface area contributed by atoms with Crippen molar-refractivity contribution in [1.29, 1.82) is 0 Å². The highest BCUT2D eigenvalue weighted by Crippen LogP contribution is 2.57. The molecule has 0 saturated heterocycles. The number of aryl methyl sites for hydroxylation is 10. The van der Waals surface area contributed by atoms with Gasteiger partial charge in [-0.25, -0.2) is 0 Å². The zero-order valence-corrected chi connectivity index (χ0v) is 63.1. The van der Waals surface area contributed by atoms with Crippen LogP contribution in [0.1, 0.15) is 161 Å². The number of fused-ring (bicyclic) bond motifs is 18. The largest absolute Gasteiger partial charge is 0.343 e. The van der Waals surface area contributed by atoms with Gasteiger partial charge < -0.3 is 9.13 Å². The van der Waals surface area contributed by atoms with E-state index in [1.54, 1.807) is 0 Å². The Balaban J connectivity index is 0.000000116. The Morgan fingerprint density at radius 2 is 0.567 bits per heavy atom. The smallest absolute Gasteiger partial charge is 0.0521 e. The van der Waals surface area contributed by atoms with Crippen LogP contribution in [0.25, 0.3) is 98.2 Å². The third-order valence-corrected chi connectivity index (χ3v) is 25.4. The van der Waals surface area contributed by atoms with Crippen molar-refractivity contribution in [3.8, 4) is 22.3 Å². The monoisotopic (exact) mass is 1270 g/mol. The Morgan fingerprint density at radius 3 is 1.07 bits per heavy atom. The lowest BCUT2D eigenvalue weighted by molar-refractivity contribution is 0.297. The number of nitrogens with zero attached hydrogens (tertiary/aromatic N) is 2. The lowest BCUT2D eigenvalue weighted by Crippen LogP contribution is -2.44. The van der Waals surface area contributed by atoms with E-state index < -0.39 is 0 Å². The van der Waals surface area contributed by atoms with E-state index in [2.05, 4.69) is 358 Å². The van der Waals surface area contributed by atoms with Gasteiger partial charge in [0.05, 0.1) is 11.0 Å². The topological polar surface area (TPSA) is 9.86 Å². The van der Waals surface area contributed by atoms with E-state index in [4.69, 9.17) is 0 Å². The Kier molecular flexibility index (Phi) is 17.4. The predicted octanol–water partition coefficient (Wildman–Crippen LogP) is 26.3. The van der Waals surface area contributed by atoms with Crippen molar-refractivity contribution in [1.82, 2.24) is 9.13 Å². The quantitative estimate of drug-likeness (QED) is 0.134. The fraction of sp³-hybridized carbons (Fsp3) is 0.305. The molecule has 494 valence electrons. The van der Waals surface area contributed by atoms with Gasteiger partial charge in [0.15, 0.2) is 0 Å². The van der Waals surface area contributed by atoms with Crippen LogP contribution < -0.4 is 0 Å². The van der Waals surface area contributed by atoms with Crippen LogP contribution in [0.3, 0.4) is 0 Å². The third kappa shape index (κ3) is 10.7. The van der Waals surface area contributed by atoms with Gasteiger partial charge in [0.2, 0.25) is 0 Å². The van der Waals surface area contributed by atoms with Gasteiger partial charge in [-0.3, -0.25) is 0 Å². The standard InChI is InChI=1S/C21H18.2C21H26.2C16H17N/c1-13-12-20-18-10-5-4-8-16(18)17-9-6-7-11-19(17)21(20)15(3)14(13)2;1-13-12-17-16-10-8-9-11-18(16)20(4,5)21(6,7)19(17)15(3)14(13)2;1-13-12-18-19(15(3)14(13)2)16-10-8-9-11-17(16)20(4,5)21(18,6)7;2*1-10-9-14-13-7-5-6-8-15(13)17(4)16(14)12(3)11(10)2/h4-12H,1-3H3;2*8-12H,1-7H3;2*5-9H,1-4H3. The highest BCUT2D eigenvalue weighted by Gasteiger charge is 2.48. The molecule has 2 heterocycles. The lowest BCUT2D eigenvalue weighted by atomic mass is 9.54. The first-order chi connectivity index (χ1) is 45.8. The van der Waals surface area contributed by atoms with Gasteiger partial charge in [0.1, 0.15) is 0 Å². The predicted molar refractivity (Wildman–Crippen MR) is 427 cm³/mol. The normalized spacial score (nSPS) is 14.4. The summed E-state index contributed by atoms with van der Waals surface area (Å²) in [4.78, 5) is 0. The van der Waals surface area contributed by atoms with E-state index in [1.165, 1.54) is 204 Å². The molecule has 0 amide bonds. The van der Waals surface area contributed by atoms with Crippen LogP contribution in [0.15, 0.2) is 176 Å². The van der Waals surface area contributed by atoms with Crippen molar-refractivity contribution in [2.24, 2.45) is 14.1 Å². The average molecular weight is 1270 g/mol. The third-order valence-electron chi connectivity index (χ3n) is 25.4. The molecule has 2 aromatic heterocycles. The van der Waals surface area contributed by atoms with E-state index >= 15 is 0 Å². The summed E-state index contributed by atoms with van der Waals surface area (Å²) in [5.74, 6) is 0. The second-order valence-corrected chi connectivity index (χ2v) is 31.1. The number of hydrogen-bond acceptors (Lipinski definition) is 0. The minimum Gasteiger partial charge on any atom is -0.343 e. The van der Waals surface area contributed by atoms with Crippen molar-refractivity contribution in [3.05, 3.63) is 282 Å². The van der Waals surface area contributed by atoms with Gasteiger partial charge in [0.25, 0.3) is 0 Å². The van der Waals surface area contributed by atoms with Crippen LogP contribution in [0.4, 0.5) is 0 Å². The molecular formula is C95H104N2.